The van der Waals surface area contributed by atoms with Crippen LogP contribution < -0.4 is 22.6 Å². The van der Waals surface area contributed by atoms with E-state index in [2.05, 4.69) is 0 Å². The van der Waals surface area contributed by atoms with Crippen LogP contribution in [0.5, 0.6) is 0 Å². The van der Waals surface area contributed by atoms with Gasteiger partial charge >= 0.3 is 25.8 Å². The van der Waals surface area contributed by atoms with Crippen LogP contribution in [0, 0.1) is 0 Å². The van der Waals surface area contributed by atoms with E-state index < -0.39 is 11.9 Å². The summed E-state index contributed by atoms with van der Waals surface area (Å²) in [5, 5.41) is 17.9. The number of aliphatic carboxylic acids is 2. The minimum absolute atomic E-state index is 0. The predicted octanol–water partition coefficient (Wildman–Crippen LogP) is -6.89. The summed E-state index contributed by atoms with van der Waals surface area (Å²) < 4.78 is 0. The molecule has 0 unspecified atom stereocenters. The summed E-state index contributed by atoms with van der Waals surface area (Å²) >= 11 is 0. The topological polar surface area (TPSA) is 80.3 Å². The zero-order chi connectivity index (χ0) is 5.15. The molecule has 0 aromatic carbocycles. The van der Waals surface area contributed by atoms with E-state index in [9.17, 15) is 0 Å². The molecule has 0 aromatic heterocycles. The number of carboxylic acid groups (broad SMARTS) is 2. The van der Waals surface area contributed by atoms with E-state index in [0.29, 0.717) is 0 Å². The summed E-state index contributed by atoms with van der Waals surface area (Å²) in [6, 6.07) is 0. The molecule has 0 saturated heterocycles. The van der Waals surface area contributed by atoms with Crippen LogP contribution >= 0.6 is 0 Å². The molecule has 0 fully saturated rings. The third-order valence-electron chi connectivity index (χ3n) is 0.167. The van der Waals surface area contributed by atoms with Crippen LogP contribution in [0.2, 0.25) is 0 Å². The van der Waals surface area contributed by atoms with Crippen LogP contribution in [0.25, 0.3) is 0 Å². The number of carbonyl (C=O) groups is 2. The van der Waals surface area contributed by atoms with Crippen molar-refractivity contribution in [1.29, 1.82) is 0 Å². The maximum Gasteiger partial charge on any atom is 3.00 e. The molecule has 0 spiro atoms. The third kappa shape index (κ3) is 9.44. The van der Waals surface area contributed by atoms with Crippen molar-refractivity contribution in [3.63, 3.8) is 0 Å². The van der Waals surface area contributed by atoms with Crippen molar-refractivity contribution < 1.29 is 32.2 Å². The van der Waals surface area contributed by atoms with Gasteiger partial charge < -0.3 is 32.2 Å². The Kier molecular flexibility index (Phi) is 13.9. The van der Waals surface area contributed by atoms with Gasteiger partial charge in [-0.1, -0.05) is 0 Å². The van der Waals surface area contributed by atoms with Gasteiger partial charge in [0, 0.05) is 0 Å². The Labute approximate surface area is 70.1 Å². The summed E-state index contributed by atoms with van der Waals surface area (Å²) in [6.45, 7) is 0. The van der Waals surface area contributed by atoms with Crippen LogP contribution in [0.15, 0.2) is 0 Å². The van der Waals surface area contributed by atoms with E-state index in [1.54, 1.807) is 0 Å². The molecule has 0 aliphatic rings. The first-order valence-corrected chi connectivity index (χ1v) is 1.07. The van der Waals surface area contributed by atoms with E-state index in [1.165, 1.54) is 0 Å². The van der Waals surface area contributed by atoms with Gasteiger partial charge in [0.05, 0.1) is 11.9 Å². The van der Waals surface area contributed by atoms with Crippen molar-refractivity contribution in [3.8, 4) is 0 Å². The van der Waals surface area contributed by atoms with Crippen LogP contribution in [0.1, 0.15) is 0 Å². The van der Waals surface area contributed by atoms with Crippen LogP contribution in [0.3, 0.4) is 0 Å². The number of halogens is 1. The molecular weight excluding hydrogens is 238 g/mol. The molecular formula is C2ClInO4. The van der Waals surface area contributed by atoms with E-state index in [-0.39, 0.29) is 38.3 Å². The first-order chi connectivity index (χ1) is 2.64. The summed E-state index contributed by atoms with van der Waals surface area (Å²) in [7, 11) is 0. The van der Waals surface area contributed by atoms with Crippen molar-refractivity contribution >= 4 is 37.8 Å². The van der Waals surface area contributed by atoms with Crippen LogP contribution in [0.4, 0.5) is 0 Å². The molecule has 0 saturated carbocycles. The zero-order valence-electron chi connectivity index (χ0n) is 3.59. The molecule has 4 nitrogen and oxygen atoms in total. The van der Waals surface area contributed by atoms with E-state index >= 15 is 0 Å². The van der Waals surface area contributed by atoms with Gasteiger partial charge in [-0.15, -0.1) is 0 Å². The minimum atomic E-state index is -2.19. The number of carboxylic acids is 2. The zero-order valence-corrected chi connectivity index (χ0v) is 7.64. The monoisotopic (exact) mass is 238 g/mol. The van der Waals surface area contributed by atoms with Gasteiger partial charge in [-0.05, 0) is 0 Å². The number of carbonyl (C=O) groups excluding carboxylic acids is 2. The third-order valence-corrected chi connectivity index (χ3v) is 0.167. The maximum absolute atomic E-state index is 8.93. The Balaban J connectivity index is -0.000000125. The van der Waals surface area contributed by atoms with Crippen molar-refractivity contribution in [3.05, 3.63) is 0 Å². The quantitative estimate of drug-likeness (QED) is 0.393. The Morgan fingerprint density at radius 1 is 1.00 bits per heavy atom. The average Bonchev–Trinajstić information content (AvgIpc) is 1.36. The molecule has 0 bridgehead atoms. The van der Waals surface area contributed by atoms with Gasteiger partial charge in [0.15, 0.2) is 0 Å². The molecule has 0 aliphatic carbocycles. The SMILES string of the molecule is O=C([O-])C(=O)[O-].[Cl-].[In+3]. The Morgan fingerprint density at radius 2 is 1.12 bits per heavy atom. The Bertz CT molecular complexity index is 80.0. The molecule has 6 heteroatoms. The molecule has 42 valence electrons. The summed E-state index contributed by atoms with van der Waals surface area (Å²) in [4.78, 5) is 17.9. The molecule has 0 heterocycles. The predicted molar refractivity (Wildman–Crippen MR) is 15.8 cm³/mol. The standard InChI is InChI=1S/C2H2O4.ClH.In/c3-1(4)2(5)6;;/h(H,3,4)(H,5,6);1H;/q;;+3/p-3. The minimum Gasteiger partial charge on any atom is -1.00 e. The van der Waals surface area contributed by atoms with Crippen molar-refractivity contribution in [2.24, 2.45) is 0 Å². The van der Waals surface area contributed by atoms with Gasteiger partial charge in [0.2, 0.25) is 0 Å². The molecule has 0 rings (SSSR count). The van der Waals surface area contributed by atoms with E-state index in [0.717, 1.165) is 0 Å². The second-order valence-corrected chi connectivity index (χ2v) is 0.575. The smallest absolute Gasteiger partial charge is 1.00 e. The van der Waals surface area contributed by atoms with Gasteiger partial charge in [-0.3, -0.25) is 0 Å². The Hall–Kier alpha value is 0.100. The molecule has 0 aliphatic heterocycles. The van der Waals surface area contributed by atoms with Gasteiger partial charge in [0.25, 0.3) is 0 Å². The molecule has 0 atom stereocenters. The molecule has 0 N–H and O–H groups in total. The van der Waals surface area contributed by atoms with Gasteiger partial charge in [0.1, 0.15) is 0 Å². The Morgan fingerprint density at radius 3 is 1.12 bits per heavy atom. The summed E-state index contributed by atoms with van der Waals surface area (Å²) in [5.41, 5.74) is 0. The number of hydrogen-bond donors (Lipinski definition) is 0. The fourth-order valence-corrected chi connectivity index (χ4v) is 0. The fraction of sp³-hybridized carbons (Fsp3) is 0. The molecule has 0 amide bonds. The van der Waals surface area contributed by atoms with E-state index in [1.807, 2.05) is 0 Å². The summed E-state index contributed by atoms with van der Waals surface area (Å²) in [5.74, 6) is -4.37. The van der Waals surface area contributed by atoms with E-state index in [4.69, 9.17) is 19.8 Å². The largest absolute Gasteiger partial charge is 3.00 e. The van der Waals surface area contributed by atoms with Crippen LogP contribution in [-0.4, -0.2) is 37.8 Å². The average molecular weight is 238 g/mol. The molecule has 0 radical (unpaired) electrons. The maximum atomic E-state index is 8.93. The number of hydrogen-bond acceptors (Lipinski definition) is 4. The second kappa shape index (κ2) is 7.10. The van der Waals surface area contributed by atoms with Crippen molar-refractivity contribution in [1.82, 2.24) is 0 Å². The van der Waals surface area contributed by atoms with Crippen molar-refractivity contribution in [2.75, 3.05) is 0 Å². The van der Waals surface area contributed by atoms with Crippen LogP contribution in [-0.2, 0) is 9.59 Å². The van der Waals surface area contributed by atoms with Crippen molar-refractivity contribution in [2.45, 2.75) is 0 Å². The summed E-state index contributed by atoms with van der Waals surface area (Å²) in [6.07, 6.45) is 0. The first kappa shape index (κ1) is 15.7. The van der Waals surface area contributed by atoms with Gasteiger partial charge in [-0.2, -0.15) is 0 Å². The first-order valence-electron chi connectivity index (χ1n) is 1.07. The van der Waals surface area contributed by atoms with Gasteiger partial charge in [-0.25, -0.2) is 0 Å². The number of rotatable bonds is 0. The molecule has 8 heavy (non-hydrogen) atoms. The second-order valence-electron chi connectivity index (χ2n) is 0.575. The normalized spacial score (nSPS) is 5.50. The molecule has 0 aromatic rings. The fourth-order valence-electron chi connectivity index (χ4n) is 0.